The molecule has 0 bridgehead atoms. The topological polar surface area (TPSA) is 121 Å². The predicted octanol–water partition coefficient (Wildman–Crippen LogP) is 3.12. The number of nitrogens with zero attached hydrogens (tertiary/aromatic N) is 6. The zero-order chi connectivity index (χ0) is 32.0. The van der Waals surface area contributed by atoms with E-state index < -0.39 is 5.60 Å². The smallest absolute Gasteiger partial charge is 0.410 e. The third-order valence-electron chi connectivity index (χ3n) is 5.20. The Hall–Kier alpha value is -2.22. The largest absolute Gasteiger partial charge is 0.453 e. The maximum absolute atomic E-state index is 12.3. The van der Waals surface area contributed by atoms with Crippen molar-refractivity contribution in [1.29, 1.82) is 5.26 Å². The second-order valence-corrected chi connectivity index (χ2v) is 10.2. The van der Waals surface area contributed by atoms with Gasteiger partial charge in [0.15, 0.2) is 0 Å². The minimum absolute atomic E-state index is 0.0750. The van der Waals surface area contributed by atoms with Crippen molar-refractivity contribution in [3.05, 3.63) is 10.6 Å². The van der Waals surface area contributed by atoms with Gasteiger partial charge in [-0.2, -0.15) is 27.9 Å². The molecule has 14 heteroatoms. The fraction of sp³-hybridized carbons (Fsp3) is 0.630. The molecule has 2 aliphatic heterocycles. The van der Waals surface area contributed by atoms with Gasteiger partial charge in [0.2, 0.25) is 0 Å². The summed E-state index contributed by atoms with van der Waals surface area (Å²) in [5.41, 5.74) is 5.30. The van der Waals surface area contributed by atoms with E-state index in [1.165, 1.54) is 39.1 Å². The number of aromatic nitrogens is 2. The molecule has 0 aliphatic carbocycles. The molecule has 2 aliphatic rings. The Balaban J connectivity index is 0. The van der Waals surface area contributed by atoms with Crippen LogP contribution >= 0.6 is 48.5 Å². The van der Waals surface area contributed by atoms with E-state index in [2.05, 4.69) is 60.0 Å². The van der Waals surface area contributed by atoms with Crippen LogP contribution in [0, 0.1) is 24.2 Å². The molecule has 3 heterocycles. The lowest BCUT2D eigenvalue weighted by Gasteiger charge is -2.36. The van der Waals surface area contributed by atoms with Gasteiger partial charge in [-0.3, -0.25) is 0 Å². The fourth-order valence-corrected chi connectivity index (χ4v) is 3.91. The first-order chi connectivity index (χ1) is 19.5. The van der Waals surface area contributed by atoms with Gasteiger partial charge in [0.05, 0.1) is 27.5 Å². The summed E-state index contributed by atoms with van der Waals surface area (Å²) in [6.45, 7) is 11.6. The molecule has 0 atom stereocenters. The summed E-state index contributed by atoms with van der Waals surface area (Å²) in [6.07, 6.45) is 13.6. The van der Waals surface area contributed by atoms with Gasteiger partial charge in [0, 0.05) is 39.3 Å². The van der Waals surface area contributed by atoms with Crippen LogP contribution in [-0.2, 0) is 4.74 Å². The summed E-state index contributed by atoms with van der Waals surface area (Å²) < 4.78 is 10.8. The number of hydrogen-bond acceptors (Lipinski definition) is 11. The van der Waals surface area contributed by atoms with Crippen molar-refractivity contribution in [2.24, 2.45) is 5.73 Å². The summed E-state index contributed by atoms with van der Waals surface area (Å²) >= 11 is 19.7. The second kappa shape index (κ2) is 23.4. The zero-order valence-electron chi connectivity index (χ0n) is 24.9. The predicted molar refractivity (Wildman–Crippen MR) is 177 cm³/mol. The number of piperazine rings is 1. The fourth-order valence-electron chi connectivity index (χ4n) is 3.53. The molecule has 2 N–H and O–H groups in total. The van der Waals surface area contributed by atoms with Crippen LogP contribution in [0.4, 0.5) is 10.6 Å². The van der Waals surface area contributed by atoms with E-state index in [9.17, 15) is 4.79 Å². The van der Waals surface area contributed by atoms with E-state index in [1.807, 2.05) is 25.7 Å². The van der Waals surface area contributed by atoms with Gasteiger partial charge in [0.25, 0.3) is 0 Å². The van der Waals surface area contributed by atoms with E-state index in [4.69, 9.17) is 43.7 Å². The highest BCUT2D eigenvalue weighted by Crippen LogP contribution is 2.15. The molecule has 0 spiro atoms. The number of carbonyl (C=O) groups is 1. The minimum Gasteiger partial charge on any atom is -0.453 e. The number of carbonyl (C=O) groups excluding carboxylic acids is 1. The number of halogens is 2. The standard InChI is InChI=1S/C17H25Cl2N5O3S.C5H11N.C2H3N.C2H2.CH4S/c1-17(2,3)27-16(25)24-6-4-23(5-7-24)14-11(9-20)13(12(19)8-18)21-15(22-14)26-10-28;1-6-4-2-3-5-6;1-2-3;2*1-2/h9,28H,4-8,10,20H2,1-3H3;2-5H2,1H3;1H3;1-2H;2H,1H3/b11-9+,13-12-;;;;. The number of nitriles is 1. The number of thiol groups is 2. The lowest BCUT2D eigenvalue weighted by atomic mass is 10.2. The van der Waals surface area contributed by atoms with Gasteiger partial charge in [-0.05, 0) is 60.0 Å². The number of alkyl halides is 1. The summed E-state index contributed by atoms with van der Waals surface area (Å²) in [7, 11) is 2.17. The number of rotatable bonds is 4. The van der Waals surface area contributed by atoms with Gasteiger partial charge in [-0.15, -0.1) is 37.1 Å². The summed E-state index contributed by atoms with van der Waals surface area (Å²) in [5, 5.41) is 8.62. The Kier molecular flexibility index (Phi) is 23.3. The average molecular weight is 651 g/mol. The van der Waals surface area contributed by atoms with Gasteiger partial charge < -0.3 is 29.9 Å². The average Bonchev–Trinajstić information content (AvgIpc) is 3.45. The van der Waals surface area contributed by atoms with Crippen LogP contribution in [0.5, 0.6) is 6.01 Å². The first-order valence-corrected chi connectivity index (χ1v) is 15.2. The molecule has 2 saturated heterocycles. The van der Waals surface area contributed by atoms with Crippen molar-refractivity contribution < 1.29 is 14.3 Å². The number of terminal acetylenes is 1. The molecule has 0 aromatic carbocycles. The molecule has 1 aromatic heterocycles. The van der Waals surface area contributed by atoms with Gasteiger partial charge in [-0.1, -0.05) is 11.6 Å². The molecule has 1 aromatic rings. The first kappa shape index (κ1) is 40.9. The van der Waals surface area contributed by atoms with Crippen molar-refractivity contribution in [3.8, 4) is 24.9 Å². The van der Waals surface area contributed by atoms with Crippen LogP contribution in [0.1, 0.15) is 40.5 Å². The highest BCUT2D eigenvalue weighted by atomic mass is 35.5. The van der Waals surface area contributed by atoms with Gasteiger partial charge in [-0.25, -0.2) is 4.79 Å². The number of amides is 1. The maximum Gasteiger partial charge on any atom is 0.410 e. The van der Waals surface area contributed by atoms with Crippen LogP contribution in [0.3, 0.4) is 0 Å². The first-order valence-electron chi connectivity index (χ1n) is 12.8. The Bertz CT molecular complexity index is 1070. The van der Waals surface area contributed by atoms with Gasteiger partial charge >= 0.3 is 12.1 Å². The normalized spacial score (nSPS) is 15.6. The highest BCUT2D eigenvalue weighted by molar-refractivity contribution is 7.80. The Morgan fingerprint density at radius 1 is 1.15 bits per heavy atom. The zero-order valence-corrected chi connectivity index (χ0v) is 28.2. The molecule has 2 fully saturated rings. The number of hydrogen-bond donors (Lipinski definition) is 3. The number of ether oxygens (including phenoxy) is 2. The van der Waals surface area contributed by atoms with E-state index in [1.54, 1.807) is 17.2 Å². The number of anilines is 1. The summed E-state index contributed by atoms with van der Waals surface area (Å²) in [6, 6.07) is 1.88. The molecule has 0 saturated carbocycles. The van der Waals surface area contributed by atoms with Crippen LogP contribution < -0.4 is 25.9 Å². The quantitative estimate of drug-likeness (QED) is 0.196. The maximum atomic E-state index is 12.3. The van der Waals surface area contributed by atoms with Crippen LogP contribution in [0.25, 0.3) is 11.2 Å². The minimum atomic E-state index is -0.537. The van der Waals surface area contributed by atoms with Crippen molar-refractivity contribution in [3.63, 3.8) is 0 Å². The van der Waals surface area contributed by atoms with Crippen LogP contribution in [0.2, 0.25) is 0 Å². The van der Waals surface area contributed by atoms with Crippen LogP contribution in [-0.4, -0.2) is 95.9 Å². The summed E-state index contributed by atoms with van der Waals surface area (Å²) in [4.78, 5) is 27.0. The van der Waals surface area contributed by atoms with Crippen molar-refractivity contribution in [2.75, 3.05) is 69.3 Å². The Morgan fingerprint density at radius 2 is 1.66 bits per heavy atom. The molecular formula is C27H45Cl2N7O3S2. The SMILES string of the molecule is C#C.CC#N.CC(C)(C)OC(=O)N1CCN(c2nc(OCS)nc(=C(\Cl)CCl)/c2=C\N)CC1.CN1CCCC1.CS. The second-order valence-electron chi connectivity index (χ2n) is 9.26. The highest BCUT2D eigenvalue weighted by Gasteiger charge is 2.27. The van der Waals surface area contributed by atoms with E-state index in [-0.39, 0.29) is 23.9 Å². The molecule has 232 valence electrons. The van der Waals surface area contributed by atoms with E-state index in [0.29, 0.717) is 47.6 Å². The van der Waals surface area contributed by atoms with Crippen molar-refractivity contribution in [2.45, 2.75) is 46.1 Å². The molecule has 0 radical (unpaired) electrons. The third-order valence-corrected chi connectivity index (χ3v) is 6.05. The molecule has 1 amide bonds. The molecule has 10 nitrogen and oxygen atoms in total. The Labute approximate surface area is 266 Å². The lowest BCUT2D eigenvalue weighted by Crippen LogP contribution is -2.52. The third kappa shape index (κ3) is 16.1. The lowest BCUT2D eigenvalue weighted by molar-refractivity contribution is 0.0240. The monoisotopic (exact) mass is 649 g/mol. The molecular weight excluding hydrogens is 605 g/mol. The molecule has 41 heavy (non-hydrogen) atoms. The Morgan fingerprint density at radius 3 is 2.02 bits per heavy atom. The molecule has 3 rings (SSSR count). The molecule has 0 unspecified atom stereocenters. The van der Waals surface area contributed by atoms with Crippen molar-refractivity contribution in [1.82, 2.24) is 19.8 Å². The number of nitrogens with two attached hydrogens (primary N) is 1. The van der Waals surface area contributed by atoms with Crippen LogP contribution in [0.15, 0.2) is 0 Å². The van der Waals surface area contributed by atoms with Crippen molar-refractivity contribution >= 4 is 71.6 Å². The van der Waals surface area contributed by atoms with E-state index in [0.717, 1.165) is 0 Å². The van der Waals surface area contributed by atoms with Gasteiger partial charge in [0.1, 0.15) is 17.4 Å². The number of likely N-dealkylation sites (tertiary alicyclic amines) is 1. The summed E-state index contributed by atoms with van der Waals surface area (Å²) in [5.74, 6) is 0.748. The van der Waals surface area contributed by atoms with E-state index >= 15 is 0 Å².